The fourth-order valence-electron chi connectivity index (χ4n) is 3.23. The zero-order valence-corrected chi connectivity index (χ0v) is 26.9. The van der Waals surface area contributed by atoms with Crippen LogP contribution < -0.4 is 17.2 Å². The van der Waals surface area contributed by atoms with E-state index in [-0.39, 0.29) is 10.7 Å². The molecule has 20 nitrogen and oxygen atoms in total. The van der Waals surface area contributed by atoms with E-state index < -0.39 is 105 Å². The van der Waals surface area contributed by atoms with Crippen LogP contribution in [-0.4, -0.2) is 79.2 Å². The lowest BCUT2D eigenvalue weighted by molar-refractivity contribution is -0.384. The summed E-state index contributed by atoms with van der Waals surface area (Å²) in [4.78, 5) is 80.7. The molecule has 0 spiro atoms. The van der Waals surface area contributed by atoms with E-state index in [1.807, 2.05) is 0 Å². The number of rotatable bonds is 17. The maximum Gasteiger partial charge on any atom is 0.653 e. The summed E-state index contributed by atoms with van der Waals surface area (Å²) in [5, 5.41) is 37.5. The first-order valence-electron chi connectivity index (χ1n) is 13.3. The molecule has 0 aliphatic carbocycles. The van der Waals surface area contributed by atoms with Gasteiger partial charge in [0, 0.05) is 37.2 Å². The van der Waals surface area contributed by atoms with Crippen LogP contribution in [0.5, 0.6) is 0 Å². The number of nitro groups is 1. The van der Waals surface area contributed by atoms with Crippen LogP contribution in [0.3, 0.4) is 0 Å². The highest BCUT2D eigenvalue weighted by atomic mass is 35.5. The van der Waals surface area contributed by atoms with Gasteiger partial charge in [-0.25, -0.2) is 0 Å². The Morgan fingerprint density at radius 3 is 1.46 bits per heavy atom. The first kappa shape index (κ1) is 41.4. The monoisotopic (exact) mass is 741 g/mol. The number of hydrogen-bond acceptors (Lipinski definition) is 15. The van der Waals surface area contributed by atoms with Crippen LogP contribution in [0, 0.1) is 10.1 Å². The second-order valence-electron chi connectivity index (χ2n) is 9.40. The fraction of sp³-hybridized carbons (Fsp3) is 0.360. The van der Waals surface area contributed by atoms with E-state index >= 15 is 0 Å². The molecule has 3 atom stereocenters. The molecule has 23 heteroatoms. The van der Waals surface area contributed by atoms with Gasteiger partial charge >= 0.3 is 43.6 Å². The van der Waals surface area contributed by atoms with Crippen molar-refractivity contribution in [2.75, 3.05) is 0 Å². The molecule has 0 amide bonds. The van der Waals surface area contributed by atoms with E-state index in [4.69, 9.17) is 55.7 Å². The van der Waals surface area contributed by atoms with Crippen molar-refractivity contribution in [3.63, 3.8) is 0 Å². The number of nitrogens with two attached hydrogens (primary N) is 3. The Bertz CT molecular complexity index is 1470. The molecule has 0 saturated heterocycles. The van der Waals surface area contributed by atoms with Gasteiger partial charge in [0.05, 0.1) is 15.5 Å². The highest BCUT2D eigenvalue weighted by molar-refractivity contribution is 7.50. The van der Waals surface area contributed by atoms with Crippen molar-refractivity contribution in [2.45, 2.75) is 56.7 Å². The number of nitrogens with zero attached hydrogens (tertiary/aromatic N) is 1. The molecule has 1 heterocycles. The van der Waals surface area contributed by atoms with Gasteiger partial charge in [0.2, 0.25) is 0 Å². The number of carbonyl (C=O) groups excluding carboxylic acids is 3. The van der Waals surface area contributed by atoms with Crippen LogP contribution >= 0.6 is 31.0 Å². The van der Waals surface area contributed by atoms with Crippen molar-refractivity contribution in [2.24, 2.45) is 17.2 Å². The predicted octanol–water partition coefficient (Wildman–Crippen LogP) is 2.20. The summed E-state index contributed by atoms with van der Waals surface area (Å²) in [6, 6.07) is 0.322. The molecule has 0 aliphatic rings. The highest BCUT2D eigenvalue weighted by Crippen LogP contribution is 2.51. The summed E-state index contributed by atoms with van der Waals surface area (Å²) >= 11 is 11.7. The molecule has 0 saturated carbocycles. The molecule has 264 valence electrons. The maximum atomic E-state index is 12.6. The average molecular weight is 742 g/mol. The molecule has 0 radical (unpaired) electrons. The second kappa shape index (κ2) is 19.3. The van der Waals surface area contributed by atoms with Crippen LogP contribution in [0.25, 0.3) is 11.1 Å². The lowest BCUT2D eigenvalue weighted by Crippen LogP contribution is -2.31. The van der Waals surface area contributed by atoms with Gasteiger partial charge in [0.25, 0.3) is 5.69 Å². The molecule has 10 N–H and O–H groups in total. The number of hydrogen-bond donors (Lipinski definition) is 7. The van der Waals surface area contributed by atoms with E-state index in [2.05, 4.69) is 18.6 Å². The van der Waals surface area contributed by atoms with Gasteiger partial charge in [-0.3, -0.25) is 38.9 Å². The number of nitro benzene ring substituents is 1. The van der Waals surface area contributed by atoms with Crippen molar-refractivity contribution in [1.82, 2.24) is 4.98 Å². The SMILES string of the molecule is NC(CCC(=O)OP(=O)(OC(=O)CCC(N)C(=O)O)OC(=O)CCC(N)C(=O)O)C(=O)O.O=[N+]([O-])c1c(Cl)cccc1-c1c[nH]cc1Cl. The number of aliphatic carboxylic acids is 3. The number of carbonyl (C=O) groups is 6. The number of nitrogens with one attached hydrogen (secondary N) is 1. The minimum Gasteiger partial charge on any atom is -0.480 e. The van der Waals surface area contributed by atoms with E-state index in [0.29, 0.717) is 16.1 Å². The lowest BCUT2D eigenvalue weighted by Gasteiger charge is -2.17. The molecule has 1 aromatic heterocycles. The average Bonchev–Trinajstić information content (AvgIpc) is 3.42. The summed E-state index contributed by atoms with van der Waals surface area (Å²) in [6.07, 6.45) is -0.353. The molecule has 0 fully saturated rings. The quantitative estimate of drug-likeness (QED) is 0.0693. The normalized spacial score (nSPS) is 13.7. The van der Waals surface area contributed by atoms with Gasteiger partial charge in [-0.15, -0.1) is 0 Å². The zero-order valence-electron chi connectivity index (χ0n) is 24.5. The van der Waals surface area contributed by atoms with Crippen molar-refractivity contribution in [3.05, 3.63) is 50.8 Å². The Balaban J connectivity index is 0.000000592. The Morgan fingerprint density at radius 2 is 1.15 bits per heavy atom. The molecular weight excluding hydrogens is 712 g/mol. The molecule has 3 unspecified atom stereocenters. The molecule has 0 bridgehead atoms. The zero-order chi connectivity index (χ0) is 36.8. The topological polar surface area (TPSA) is 345 Å². The van der Waals surface area contributed by atoms with Crippen LogP contribution in [0.15, 0.2) is 30.6 Å². The van der Waals surface area contributed by atoms with Crippen LogP contribution in [0.2, 0.25) is 10.0 Å². The van der Waals surface area contributed by atoms with E-state index in [1.165, 1.54) is 6.07 Å². The number of phosphoric ester groups is 1. The summed E-state index contributed by atoms with van der Waals surface area (Å²) in [6.45, 7) is 0. The van der Waals surface area contributed by atoms with E-state index in [1.54, 1.807) is 24.5 Å². The third-order valence-corrected chi connectivity index (χ3v) is 7.62. The standard InChI is InChI=1S/C15H24N3O13P.C10H6Cl2N2O2/c16-7(13(22)23)1-4-10(19)29-32(28,30-11(20)5-2-8(17)14(24)25)31-12(21)6-3-9(18)15(26)27;11-8-3-1-2-6(10(8)14(15)16)7-4-13-5-9(7)12/h7-9H,1-6,16-18H2,(H,22,23)(H,24,25)(H,26,27);1-5,13H. The van der Waals surface area contributed by atoms with Gasteiger partial charge in [0.1, 0.15) is 23.1 Å². The fourth-order valence-corrected chi connectivity index (χ4v) is 4.82. The summed E-state index contributed by atoms with van der Waals surface area (Å²) in [7, 11) is -5.25. The minimum atomic E-state index is -5.25. The van der Waals surface area contributed by atoms with Gasteiger partial charge in [-0.2, -0.15) is 4.57 Å². The lowest BCUT2D eigenvalue weighted by atomic mass is 10.1. The number of para-hydroxylation sites is 1. The van der Waals surface area contributed by atoms with Crippen LogP contribution in [0.1, 0.15) is 38.5 Å². The number of carboxylic acids is 3. The minimum absolute atomic E-state index is 0.0970. The van der Waals surface area contributed by atoms with Gasteiger partial charge in [-0.1, -0.05) is 29.3 Å². The summed E-state index contributed by atoms with van der Waals surface area (Å²) in [5.74, 6) is -8.50. The predicted molar refractivity (Wildman–Crippen MR) is 163 cm³/mol. The molecular formula is C25H30Cl2N5O15P. The second-order valence-corrected chi connectivity index (χ2v) is 11.7. The van der Waals surface area contributed by atoms with Crippen molar-refractivity contribution >= 4 is 72.5 Å². The summed E-state index contributed by atoms with van der Waals surface area (Å²) in [5.41, 5.74) is 16.5. The number of carboxylic acid groups (broad SMARTS) is 3. The smallest absolute Gasteiger partial charge is 0.480 e. The summed E-state index contributed by atoms with van der Waals surface area (Å²) < 4.78 is 25.8. The maximum absolute atomic E-state index is 12.6. The van der Waals surface area contributed by atoms with Crippen molar-refractivity contribution in [1.29, 1.82) is 0 Å². The third kappa shape index (κ3) is 14.0. The van der Waals surface area contributed by atoms with Crippen LogP contribution in [-0.2, 0) is 46.9 Å². The van der Waals surface area contributed by atoms with Gasteiger partial charge in [0.15, 0.2) is 0 Å². The first-order valence-corrected chi connectivity index (χ1v) is 15.5. The van der Waals surface area contributed by atoms with Gasteiger partial charge in [-0.05, 0) is 31.4 Å². The van der Waals surface area contributed by atoms with E-state index in [0.717, 1.165) is 0 Å². The number of halogens is 2. The van der Waals surface area contributed by atoms with Crippen molar-refractivity contribution < 1.29 is 67.1 Å². The molecule has 2 aromatic rings. The van der Waals surface area contributed by atoms with Crippen molar-refractivity contribution in [3.8, 4) is 11.1 Å². The van der Waals surface area contributed by atoms with E-state index in [9.17, 15) is 43.4 Å². The highest BCUT2D eigenvalue weighted by Gasteiger charge is 2.39. The number of aromatic amines is 1. The largest absolute Gasteiger partial charge is 0.653 e. The Kier molecular flexibility index (Phi) is 16.6. The Morgan fingerprint density at radius 1 is 0.750 bits per heavy atom. The third-order valence-electron chi connectivity index (χ3n) is 5.73. The Labute approximate surface area is 280 Å². The molecule has 48 heavy (non-hydrogen) atoms. The number of aromatic nitrogens is 1. The molecule has 1 aromatic carbocycles. The number of benzene rings is 1. The molecule has 2 rings (SSSR count). The molecule has 0 aliphatic heterocycles. The van der Waals surface area contributed by atoms with Crippen LogP contribution in [0.4, 0.5) is 5.69 Å². The first-order chi connectivity index (χ1) is 22.3. The van der Waals surface area contributed by atoms with Gasteiger partial charge < -0.3 is 51.1 Å². The number of phosphoric acid groups is 1. The Hall–Kier alpha value is -4.59. The number of H-pyrrole nitrogens is 1.